The van der Waals surface area contributed by atoms with Crippen molar-refractivity contribution in [3.05, 3.63) is 59.7 Å². The number of anilines is 2. The van der Waals surface area contributed by atoms with Gasteiger partial charge in [-0.25, -0.2) is 4.52 Å². The minimum Gasteiger partial charge on any atom is -0.380 e. The summed E-state index contributed by atoms with van der Waals surface area (Å²) >= 11 is 0. The van der Waals surface area contributed by atoms with Crippen LogP contribution < -0.4 is 10.2 Å². The van der Waals surface area contributed by atoms with E-state index >= 15 is 0 Å². The first-order valence-electron chi connectivity index (χ1n) is 12.8. The van der Waals surface area contributed by atoms with Crippen molar-refractivity contribution in [2.24, 2.45) is 11.3 Å². The molecule has 1 amide bonds. The number of pyridine rings is 1. The Morgan fingerprint density at radius 2 is 1.95 bits per heavy atom. The Bertz CT molecular complexity index is 1580. The van der Waals surface area contributed by atoms with Crippen molar-refractivity contribution in [1.82, 2.24) is 19.8 Å². The van der Waals surface area contributed by atoms with Crippen LogP contribution in [0.2, 0.25) is 0 Å². The molecule has 1 aliphatic carbocycles. The third-order valence-electron chi connectivity index (χ3n) is 8.12. The van der Waals surface area contributed by atoms with E-state index in [-0.39, 0.29) is 35.9 Å². The Labute approximate surface area is 220 Å². The quantitative estimate of drug-likeness (QED) is 0.388. The molecule has 2 aliphatic heterocycles. The summed E-state index contributed by atoms with van der Waals surface area (Å²) in [7, 11) is 0. The summed E-state index contributed by atoms with van der Waals surface area (Å²) in [5, 5.41) is 11.3. The Balaban J connectivity index is 1.08. The van der Waals surface area contributed by atoms with E-state index in [1.807, 2.05) is 31.3 Å². The van der Waals surface area contributed by atoms with Gasteiger partial charge in [0.2, 0.25) is 11.7 Å². The van der Waals surface area contributed by atoms with E-state index in [0.717, 1.165) is 37.6 Å². The van der Waals surface area contributed by atoms with E-state index in [0.29, 0.717) is 22.3 Å². The van der Waals surface area contributed by atoms with Gasteiger partial charge in [0.15, 0.2) is 0 Å². The SMILES string of the molecule is Cc1ccc(-c2noc(C3CC(C(F)(F)F)C3)n2)cc1NC(=O)c1cnn2ccc(N3CC4(COC4)C3)cc12. The van der Waals surface area contributed by atoms with Gasteiger partial charge in [-0.05, 0) is 43.5 Å². The first kappa shape index (κ1) is 24.1. The maximum atomic E-state index is 13.3. The molecule has 0 unspecified atom stereocenters. The van der Waals surface area contributed by atoms with Crippen LogP contribution >= 0.6 is 0 Å². The van der Waals surface area contributed by atoms with Crippen LogP contribution in [0.1, 0.15) is 40.6 Å². The lowest BCUT2D eigenvalue weighted by molar-refractivity contribution is -0.198. The number of aromatic nitrogens is 4. The highest BCUT2D eigenvalue weighted by Crippen LogP contribution is 2.49. The van der Waals surface area contributed by atoms with Crippen LogP contribution in [0.25, 0.3) is 16.9 Å². The number of benzene rings is 1. The number of carbonyl (C=O) groups excluding carboxylic acids is 1. The molecule has 0 bridgehead atoms. The lowest BCUT2D eigenvalue weighted by Gasteiger charge is -2.56. The van der Waals surface area contributed by atoms with Crippen LogP contribution in [0.4, 0.5) is 24.5 Å². The molecule has 5 heterocycles. The number of ether oxygens (including phenoxy) is 1. The second-order valence-electron chi connectivity index (χ2n) is 11.0. The molecule has 4 aromatic rings. The van der Waals surface area contributed by atoms with E-state index in [1.165, 1.54) is 0 Å². The average molecular weight is 539 g/mol. The first-order chi connectivity index (χ1) is 18.7. The molecule has 12 heteroatoms. The maximum Gasteiger partial charge on any atom is 0.391 e. The number of aryl methyl sites for hydroxylation is 1. The zero-order chi connectivity index (χ0) is 26.9. The topological polar surface area (TPSA) is 97.8 Å². The molecule has 202 valence electrons. The monoisotopic (exact) mass is 538 g/mol. The predicted octanol–water partition coefficient (Wildman–Crippen LogP) is 4.84. The van der Waals surface area contributed by atoms with E-state index < -0.39 is 18.0 Å². The van der Waals surface area contributed by atoms with Crippen LogP contribution in [0.15, 0.2) is 47.2 Å². The summed E-state index contributed by atoms with van der Waals surface area (Å²) in [4.78, 5) is 19.9. The second kappa shape index (κ2) is 8.54. The molecule has 3 aliphatic rings. The highest BCUT2D eigenvalue weighted by molar-refractivity contribution is 6.09. The molecule has 1 saturated carbocycles. The van der Waals surface area contributed by atoms with Crippen molar-refractivity contribution in [3.8, 4) is 11.4 Å². The van der Waals surface area contributed by atoms with Crippen molar-refractivity contribution in [1.29, 1.82) is 0 Å². The molecule has 9 nitrogen and oxygen atoms in total. The maximum absolute atomic E-state index is 13.3. The standard InChI is InChI=1S/C27H25F3N6O3/c1-15-2-3-16(23-33-25(39-34-23)17-6-18(7-17)27(28,29)30)8-21(15)32-24(37)20-10-31-36-5-4-19(9-22(20)36)35-11-26(12-35)13-38-14-26/h2-5,8-10,17-18H,6-7,11-14H2,1H3,(H,32,37). The normalized spacial score (nSPS) is 21.9. The number of alkyl halides is 3. The number of nitrogens with one attached hydrogen (secondary N) is 1. The lowest BCUT2D eigenvalue weighted by Crippen LogP contribution is -2.66. The van der Waals surface area contributed by atoms with Gasteiger partial charge in [0, 0.05) is 42.1 Å². The number of nitrogens with zero attached hydrogens (tertiary/aromatic N) is 5. The largest absolute Gasteiger partial charge is 0.391 e. The molecular weight excluding hydrogens is 513 g/mol. The molecule has 0 radical (unpaired) electrons. The van der Waals surface area contributed by atoms with Gasteiger partial charge in [0.05, 0.1) is 41.8 Å². The van der Waals surface area contributed by atoms with Gasteiger partial charge in [-0.1, -0.05) is 17.3 Å². The Hall–Kier alpha value is -3.93. The van der Waals surface area contributed by atoms with E-state index in [1.54, 1.807) is 22.8 Å². The van der Waals surface area contributed by atoms with Crippen LogP contribution in [-0.2, 0) is 4.74 Å². The van der Waals surface area contributed by atoms with E-state index in [2.05, 4.69) is 25.5 Å². The van der Waals surface area contributed by atoms with Gasteiger partial charge in [-0.15, -0.1) is 0 Å². The molecule has 2 saturated heterocycles. The first-order valence-corrected chi connectivity index (χ1v) is 12.8. The minimum absolute atomic E-state index is 0.0469. The lowest BCUT2D eigenvalue weighted by atomic mass is 9.74. The van der Waals surface area contributed by atoms with E-state index in [4.69, 9.17) is 9.26 Å². The number of halogens is 3. The third-order valence-corrected chi connectivity index (χ3v) is 8.12. The highest BCUT2D eigenvalue weighted by Gasteiger charge is 2.50. The summed E-state index contributed by atoms with van der Waals surface area (Å²) in [5.41, 5.74) is 4.43. The molecule has 1 N–H and O–H groups in total. The van der Waals surface area contributed by atoms with Crippen LogP contribution in [-0.4, -0.2) is 58.1 Å². The van der Waals surface area contributed by atoms with Gasteiger partial charge in [-0.2, -0.15) is 23.3 Å². The van der Waals surface area contributed by atoms with Crippen molar-refractivity contribution in [2.45, 2.75) is 31.9 Å². The van der Waals surface area contributed by atoms with Gasteiger partial charge in [0.25, 0.3) is 5.91 Å². The van der Waals surface area contributed by atoms with Crippen molar-refractivity contribution < 1.29 is 27.2 Å². The summed E-state index contributed by atoms with van der Waals surface area (Å²) in [5.74, 6) is -1.56. The van der Waals surface area contributed by atoms with Crippen molar-refractivity contribution in [3.63, 3.8) is 0 Å². The number of hydrogen-bond acceptors (Lipinski definition) is 7. The molecular formula is C27H25F3N6O3. The van der Waals surface area contributed by atoms with Crippen molar-refractivity contribution in [2.75, 3.05) is 36.5 Å². The molecule has 0 atom stereocenters. The molecule has 39 heavy (non-hydrogen) atoms. The van der Waals surface area contributed by atoms with Crippen LogP contribution in [0, 0.1) is 18.3 Å². The molecule has 3 aromatic heterocycles. The third kappa shape index (κ3) is 4.13. The summed E-state index contributed by atoms with van der Waals surface area (Å²) in [6.07, 6.45) is -0.898. The predicted molar refractivity (Wildman–Crippen MR) is 135 cm³/mol. The minimum atomic E-state index is -4.20. The van der Waals surface area contributed by atoms with Crippen LogP contribution in [0.5, 0.6) is 0 Å². The summed E-state index contributed by atoms with van der Waals surface area (Å²) < 4.78 is 50.8. The van der Waals surface area contributed by atoms with E-state index in [9.17, 15) is 18.0 Å². The van der Waals surface area contributed by atoms with Gasteiger partial charge in [-0.3, -0.25) is 4.79 Å². The smallest absolute Gasteiger partial charge is 0.380 e. The molecule has 1 aromatic carbocycles. The summed E-state index contributed by atoms with van der Waals surface area (Å²) in [6, 6.07) is 9.31. The number of carbonyl (C=O) groups is 1. The average Bonchev–Trinajstić information content (AvgIpc) is 3.44. The summed E-state index contributed by atoms with van der Waals surface area (Å²) in [6.45, 7) is 5.34. The Kier molecular flexibility index (Phi) is 5.28. The van der Waals surface area contributed by atoms with Crippen molar-refractivity contribution >= 4 is 22.8 Å². The number of fused-ring (bicyclic) bond motifs is 1. The molecule has 7 rings (SSSR count). The number of hydrogen-bond donors (Lipinski definition) is 1. The zero-order valence-electron chi connectivity index (χ0n) is 21.0. The van der Waals surface area contributed by atoms with Gasteiger partial charge < -0.3 is 19.5 Å². The molecule has 1 spiro atoms. The fourth-order valence-electron chi connectivity index (χ4n) is 5.55. The highest BCUT2D eigenvalue weighted by atomic mass is 19.4. The Morgan fingerprint density at radius 1 is 1.15 bits per heavy atom. The number of rotatable bonds is 5. The molecule has 3 fully saturated rings. The van der Waals surface area contributed by atoms with Gasteiger partial charge >= 0.3 is 6.18 Å². The van der Waals surface area contributed by atoms with Crippen LogP contribution in [0.3, 0.4) is 0 Å². The fraction of sp³-hybridized carbons (Fsp3) is 0.407. The van der Waals surface area contributed by atoms with Gasteiger partial charge in [0.1, 0.15) is 0 Å². The fourth-order valence-corrected chi connectivity index (χ4v) is 5.55. The Morgan fingerprint density at radius 3 is 2.67 bits per heavy atom. The zero-order valence-corrected chi connectivity index (χ0v) is 21.0. The second-order valence-corrected chi connectivity index (χ2v) is 11.0. The number of amides is 1.